The lowest BCUT2D eigenvalue weighted by Crippen LogP contribution is -2.26. The Hall–Kier alpha value is -1.27. The first kappa shape index (κ1) is 17.5. The summed E-state index contributed by atoms with van der Waals surface area (Å²) >= 11 is 3.43. The van der Waals surface area contributed by atoms with Crippen molar-refractivity contribution in [2.45, 2.75) is 44.9 Å². The van der Waals surface area contributed by atoms with Crippen molar-refractivity contribution in [3.8, 4) is 0 Å². The number of rotatable bonds is 8. The number of thioether (sulfide) groups is 1. The van der Waals surface area contributed by atoms with Gasteiger partial charge in [-0.2, -0.15) is 11.8 Å². The maximum absolute atomic E-state index is 12.2. The van der Waals surface area contributed by atoms with E-state index < -0.39 is 0 Å². The van der Waals surface area contributed by atoms with Crippen LogP contribution in [0.3, 0.4) is 0 Å². The summed E-state index contributed by atoms with van der Waals surface area (Å²) in [7, 11) is 1.85. The van der Waals surface area contributed by atoms with Crippen LogP contribution in [-0.2, 0) is 17.1 Å². The molecular formula is C18H24N2O2S2. The number of aryl methyl sites for hydroxylation is 1. The second-order valence-corrected chi connectivity index (χ2v) is 8.70. The molecule has 6 heteroatoms. The number of furan rings is 1. The van der Waals surface area contributed by atoms with E-state index in [0.29, 0.717) is 18.9 Å². The summed E-state index contributed by atoms with van der Waals surface area (Å²) in [5.74, 6) is 5.14. The molecule has 0 spiro atoms. The quantitative estimate of drug-likeness (QED) is 0.649. The van der Waals surface area contributed by atoms with Crippen LogP contribution in [0.25, 0.3) is 0 Å². The summed E-state index contributed by atoms with van der Waals surface area (Å²) in [4.78, 5) is 18.4. The molecule has 3 rings (SSSR count). The Kier molecular flexibility index (Phi) is 5.66. The van der Waals surface area contributed by atoms with E-state index in [2.05, 4.69) is 23.4 Å². The largest absolute Gasteiger partial charge is 0.464 e. The van der Waals surface area contributed by atoms with E-state index in [4.69, 9.17) is 4.42 Å². The van der Waals surface area contributed by atoms with Crippen molar-refractivity contribution >= 4 is 29.0 Å². The van der Waals surface area contributed by atoms with E-state index in [0.717, 1.165) is 39.6 Å². The van der Waals surface area contributed by atoms with Crippen LogP contribution in [0.5, 0.6) is 0 Å². The van der Waals surface area contributed by atoms with Gasteiger partial charge in [0.05, 0.1) is 17.2 Å². The molecule has 2 aromatic rings. The highest BCUT2D eigenvalue weighted by Crippen LogP contribution is 2.47. The summed E-state index contributed by atoms with van der Waals surface area (Å²) in [6, 6.07) is 4.07. The lowest BCUT2D eigenvalue weighted by atomic mass is 10.3. The minimum atomic E-state index is 0.162. The molecule has 4 nitrogen and oxygen atoms in total. The van der Waals surface area contributed by atoms with Gasteiger partial charge in [-0.1, -0.05) is 6.92 Å². The van der Waals surface area contributed by atoms with Gasteiger partial charge in [0.2, 0.25) is 5.91 Å². The number of carbonyl (C=O) groups excluding carboxylic acids is 1. The Morgan fingerprint density at radius 2 is 2.29 bits per heavy atom. The Morgan fingerprint density at radius 1 is 1.50 bits per heavy atom. The van der Waals surface area contributed by atoms with Crippen LogP contribution in [0.1, 0.15) is 47.9 Å². The highest BCUT2D eigenvalue weighted by atomic mass is 32.2. The maximum atomic E-state index is 12.2. The number of amides is 1. The van der Waals surface area contributed by atoms with E-state index in [1.54, 1.807) is 28.0 Å². The Labute approximate surface area is 151 Å². The number of thiazole rings is 1. The molecule has 0 bridgehead atoms. The van der Waals surface area contributed by atoms with E-state index in [-0.39, 0.29) is 5.91 Å². The fourth-order valence-corrected chi connectivity index (χ4v) is 4.26. The number of nitrogens with zero attached hydrogens (tertiary/aromatic N) is 2. The first-order chi connectivity index (χ1) is 11.5. The topological polar surface area (TPSA) is 46.3 Å². The zero-order valence-corrected chi connectivity index (χ0v) is 16.1. The summed E-state index contributed by atoms with van der Waals surface area (Å²) in [5, 5.41) is 3.19. The average molecular weight is 365 g/mol. The van der Waals surface area contributed by atoms with E-state index in [1.165, 1.54) is 6.42 Å². The normalized spacial score (nSPS) is 19.5. The number of carbonyl (C=O) groups is 1. The molecular weight excluding hydrogens is 340 g/mol. The zero-order chi connectivity index (χ0) is 17.1. The molecule has 1 amide bonds. The molecule has 0 aliphatic heterocycles. The fourth-order valence-electron chi connectivity index (χ4n) is 2.72. The third-order valence-electron chi connectivity index (χ3n) is 4.35. The van der Waals surface area contributed by atoms with Crippen molar-refractivity contribution in [1.82, 2.24) is 9.88 Å². The van der Waals surface area contributed by atoms with Crippen molar-refractivity contribution in [3.05, 3.63) is 39.7 Å². The molecule has 0 unspecified atom stereocenters. The highest BCUT2D eigenvalue weighted by molar-refractivity contribution is 7.98. The predicted molar refractivity (Wildman–Crippen MR) is 99.3 cm³/mol. The van der Waals surface area contributed by atoms with Gasteiger partial charge in [-0.3, -0.25) is 4.79 Å². The van der Waals surface area contributed by atoms with E-state index in [1.807, 2.05) is 20.0 Å². The molecule has 1 aliphatic carbocycles. The molecule has 1 fully saturated rings. The van der Waals surface area contributed by atoms with Gasteiger partial charge in [-0.15, -0.1) is 11.3 Å². The molecule has 2 atom stereocenters. The molecule has 2 aromatic heterocycles. The minimum Gasteiger partial charge on any atom is -0.464 e. The molecule has 0 radical (unpaired) electrons. The van der Waals surface area contributed by atoms with Crippen LogP contribution in [0.15, 0.2) is 21.9 Å². The van der Waals surface area contributed by atoms with E-state index >= 15 is 0 Å². The smallest absolute Gasteiger partial charge is 0.223 e. The van der Waals surface area contributed by atoms with Crippen molar-refractivity contribution in [2.75, 3.05) is 12.8 Å². The second-order valence-electron chi connectivity index (χ2n) is 6.53. The summed E-state index contributed by atoms with van der Waals surface area (Å²) < 4.78 is 5.88. The van der Waals surface area contributed by atoms with E-state index in [9.17, 15) is 4.79 Å². The third kappa shape index (κ3) is 4.63. The van der Waals surface area contributed by atoms with Gasteiger partial charge in [0, 0.05) is 36.3 Å². The van der Waals surface area contributed by atoms with Crippen molar-refractivity contribution in [1.29, 1.82) is 0 Å². The molecule has 2 heterocycles. The Bertz CT molecular complexity index is 695. The first-order valence-electron chi connectivity index (χ1n) is 8.34. The van der Waals surface area contributed by atoms with Crippen LogP contribution in [0, 0.1) is 12.8 Å². The van der Waals surface area contributed by atoms with Crippen LogP contribution in [0.2, 0.25) is 0 Å². The standard InChI is InChI=1S/C18H24N2O2S2/c1-12-8-16(12)17-5-4-15(22-17)9-20(3)18(21)6-7-23-10-14-11-24-13(2)19-14/h4-5,11-12,16H,6-10H2,1-3H3/t12-,16-/m1/s1. The molecule has 0 aromatic carbocycles. The van der Waals surface area contributed by atoms with Gasteiger partial charge in [0.1, 0.15) is 11.5 Å². The van der Waals surface area contributed by atoms with Crippen molar-refractivity contribution in [3.63, 3.8) is 0 Å². The van der Waals surface area contributed by atoms with Crippen LogP contribution < -0.4 is 0 Å². The Morgan fingerprint density at radius 3 is 2.96 bits per heavy atom. The van der Waals surface area contributed by atoms with Gasteiger partial charge in [0.15, 0.2) is 0 Å². The minimum absolute atomic E-state index is 0.162. The molecule has 130 valence electrons. The number of hydrogen-bond donors (Lipinski definition) is 0. The SMILES string of the molecule is Cc1nc(CSCCC(=O)N(C)Cc2ccc([C@@H]3C[C@H]3C)o2)cs1. The van der Waals surface area contributed by atoms with Gasteiger partial charge < -0.3 is 9.32 Å². The summed E-state index contributed by atoms with van der Waals surface area (Å²) in [6.07, 6.45) is 1.77. The number of hydrogen-bond acceptors (Lipinski definition) is 5. The predicted octanol–water partition coefficient (Wildman–Crippen LogP) is 4.45. The lowest BCUT2D eigenvalue weighted by molar-refractivity contribution is -0.130. The third-order valence-corrected chi connectivity index (χ3v) is 6.17. The van der Waals surface area contributed by atoms with Crippen molar-refractivity contribution < 1.29 is 9.21 Å². The molecule has 1 saturated carbocycles. The number of aromatic nitrogens is 1. The molecule has 0 saturated heterocycles. The monoisotopic (exact) mass is 364 g/mol. The van der Waals surface area contributed by atoms with Crippen molar-refractivity contribution in [2.24, 2.45) is 5.92 Å². The summed E-state index contributed by atoms with van der Waals surface area (Å²) in [5.41, 5.74) is 1.11. The fraction of sp³-hybridized carbons (Fsp3) is 0.556. The molecule has 1 aliphatic rings. The lowest BCUT2D eigenvalue weighted by Gasteiger charge is -2.15. The maximum Gasteiger partial charge on any atom is 0.223 e. The highest BCUT2D eigenvalue weighted by Gasteiger charge is 2.36. The zero-order valence-electron chi connectivity index (χ0n) is 14.4. The molecule has 24 heavy (non-hydrogen) atoms. The van der Waals surface area contributed by atoms with Crippen LogP contribution in [0.4, 0.5) is 0 Å². The van der Waals surface area contributed by atoms with Gasteiger partial charge in [0.25, 0.3) is 0 Å². The Balaban J connectivity index is 1.37. The second kappa shape index (κ2) is 7.74. The van der Waals surface area contributed by atoms with Crippen LogP contribution in [-0.4, -0.2) is 28.6 Å². The van der Waals surface area contributed by atoms with Gasteiger partial charge >= 0.3 is 0 Å². The average Bonchev–Trinajstić information content (AvgIpc) is 2.94. The molecule has 0 N–H and O–H groups in total. The van der Waals surface area contributed by atoms with Gasteiger partial charge in [-0.25, -0.2) is 4.98 Å². The van der Waals surface area contributed by atoms with Gasteiger partial charge in [-0.05, 0) is 31.4 Å². The summed E-state index contributed by atoms with van der Waals surface area (Å²) in [6.45, 7) is 4.81. The first-order valence-corrected chi connectivity index (χ1v) is 10.4. The van der Waals surface area contributed by atoms with Crippen LogP contribution >= 0.6 is 23.1 Å².